The lowest BCUT2D eigenvalue weighted by atomic mass is 10.00. The molecule has 0 saturated carbocycles. The summed E-state index contributed by atoms with van der Waals surface area (Å²) in [6.07, 6.45) is 1.06. The van der Waals surface area contributed by atoms with E-state index in [4.69, 9.17) is 12.2 Å². The predicted octanol–water partition coefficient (Wildman–Crippen LogP) is 3.52. The number of nitrogens with zero attached hydrogens (tertiary/aromatic N) is 2. The van der Waals surface area contributed by atoms with Crippen LogP contribution in [0.25, 0.3) is 0 Å². The summed E-state index contributed by atoms with van der Waals surface area (Å²) in [5.41, 5.74) is 2.59. The first-order chi connectivity index (χ1) is 14.7. The lowest BCUT2D eigenvalue weighted by Gasteiger charge is -2.31. The summed E-state index contributed by atoms with van der Waals surface area (Å²) in [6.45, 7) is 3.83. The molecule has 7 nitrogen and oxygen atoms in total. The Bertz CT molecular complexity index is 1170. The highest BCUT2D eigenvalue weighted by Gasteiger charge is 2.39. The molecular weight excluding hydrogens is 480 g/mol. The molecule has 0 bridgehead atoms. The normalized spacial score (nSPS) is 16.6. The molecular formula is C22H17BrN4O3S. The van der Waals surface area contributed by atoms with Crippen molar-refractivity contribution in [3.63, 3.8) is 0 Å². The van der Waals surface area contributed by atoms with Crippen LogP contribution in [0.2, 0.25) is 0 Å². The number of thiocarbonyl (C=S) groups is 1. The maximum absolute atomic E-state index is 13.1. The highest BCUT2D eigenvalue weighted by molar-refractivity contribution is 9.10. The molecule has 3 rings (SSSR count). The van der Waals surface area contributed by atoms with E-state index < -0.39 is 23.6 Å². The van der Waals surface area contributed by atoms with Crippen molar-refractivity contribution in [3.05, 3.63) is 69.7 Å². The predicted molar refractivity (Wildman–Crippen MR) is 124 cm³/mol. The molecule has 31 heavy (non-hydrogen) atoms. The van der Waals surface area contributed by atoms with Crippen LogP contribution in [0.3, 0.4) is 0 Å². The van der Waals surface area contributed by atoms with Crippen molar-refractivity contribution >= 4 is 62.4 Å². The van der Waals surface area contributed by atoms with Crippen LogP contribution in [-0.4, -0.2) is 22.8 Å². The summed E-state index contributed by atoms with van der Waals surface area (Å²) in [6, 6.07) is 13.9. The number of rotatable bonds is 4. The first-order valence-electron chi connectivity index (χ1n) is 9.16. The lowest BCUT2D eigenvalue weighted by Crippen LogP contribution is -2.57. The Kier molecular flexibility index (Phi) is 6.63. The number of hydrogen-bond donors (Lipinski definition) is 2. The molecule has 0 unspecified atom stereocenters. The molecule has 2 N–H and O–H groups in total. The number of carbonyl (C=O) groups is 3. The quantitative estimate of drug-likeness (QED) is 0.291. The van der Waals surface area contributed by atoms with Crippen LogP contribution in [0.1, 0.15) is 11.1 Å². The van der Waals surface area contributed by atoms with Gasteiger partial charge in [-0.1, -0.05) is 22.0 Å². The largest absolute Gasteiger partial charge is 0.321 e. The van der Waals surface area contributed by atoms with E-state index in [1.165, 1.54) is 4.90 Å². The number of carbonyl (C=O) groups excluding carboxylic acids is 3. The number of benzene rings is 2. The second-order valence-corrected chi connectivity index (χ2v) is 8.17. The molecule has 0 radical (unpaired) electrons. The number of halogens is 1. The molecule has 1 fully saturated rings. The summed E-state index contributed by atoms with van der Waals surface area (Å²) in [5, 5.41) is 14.4. The van der Waals surface area contributed by atoms with Crippen molar-refractivity contribution in [2.24, 2.45) is 5.92 Å². The molecule has 3 amide bonds. The fourth-order valence-corrected chi connectivity index (χ4v) is 3.47. The van der Waals surface area contributed by atoms with E-state index >= 15 is 0 Å². The zero-order chi connectivity index (χ0) is 22.7. The fourth-order valence-electron chi connectivity index (χ4n) is 2.91. The average molecular weight is 497 g/mol. The maximum Gasteiger partial charge on any atom is 0.266 e. The van der Waals surface area contributed by atoms with E-state index in [1.807, 2.05) is 19.9 Å². The van der Waals surface area contributed by atoms with E-state index in [-0.39, 0.29) is 10.7 Å². The summed E-state index contributed by atoms with van der Waals surface area (Å²) < 4.78 is 0.827. The molecule has 2 aromatic carbocycles. The number of aryl methyl sites for hydroxylation is 2. The molecule has 9 heteroatoms. The first kappa shape index (κ1) is 22.3. The first-order valence-corrected chi connectivity index (χ1v) is 10.4. The Balaban J connectivity index is 1.89. The van der Waals surface area contributed by atoms with Crippen molar-refractivity contribution in [1.29, 1.82) is 5.26 Å². The second kappa shape index (κ2) is 9.20. The third-order valence-electron chi connectivity index (χ3n) is 4.75. The Morgan fingerprint density at radius 3 is 2.48 bits per heavy atom. The third kappa shape index (κ3) is 4.87. The van der Waals surface area contributed by atoms with Gasteiger partial charge < -0.3 is 10.6 Å². The number of nitrogens with one attached hydrogen (secondary N) is 2. The van der Waals surface area contributed by atoms with Crippen LogP contribution >= 0.6 is 28.1 Å². The van der Waals surface area contributed by atoms with Crippen molar-refractivity contribution in [3.8, 4) is 6.07 Å². The van der Waals surface area contributed by atoms with E-state index in [0.29, 0.717) is 11.4 Å². The topological polar surface area (TPSA) is 102 Å². The average Bonchev–Trinajstić information content (AvgIpc) is 2.72. The van der Waals surface area contributed by atoms with Crippen LogP contribution in [0.15, 0.2) is 58.6 Å². The second-order valence-electron chi connectivity index (χ2n) is 6.87. The summed E-state index contributed by atoms with van der Waals surface area (Å²) in [4.78, 5) is 39.3. The zero-order valence-electron chi connectivity index (χ0n) is 16.6. The SMILES string of the molecule is Cc1ccc(N2C(=O)[C@H](/C=C(\C#N)C(=O)Nc3ccc(Br)cc3)C(=O)NC2=S)cc1C. The van der Waals surface area contributed by atoms with Crippen molar-refractivity contribution in [2.75, 3.05) is 10.2 Å². The standard InChI is InChI=1S/C22H17BrN4O3S/c1-12-3-8-17(9-13(12)2)27-21(30)18(20(29)26-22(27)31)10-14(11-24)19(28)25-16-6-4-15(23)5-7-16/h3-10,18H,1-2H3,(H,25,28)(H,26,29,31)/b14-10+/t18-/m1/s1. The summed E-state index contributed by atoms with van der Waals surface area (Å²) >= 11 is 8.49. The molecule has 1 heterocycles. The van der Waals surface area contributed by atoms with Gasteiger partial charge in [-0.2, -0.15) is 5.26 Å². The van der Waals surface area contributed by atoms with Crippen molar-refractivity contribution < 1.29 is 14.4 Å². The Labute approximate surface area is 192 Å². The van der Waals surface area contributed by atoms with Crippen LogP contribution in [0.5, 0.6) is 0 Å². The molecule has 1 aliphatic heterocycles. The molecule has 0 aliphatic carbocycles. The maximum atomic E-state index is 13.1. The Morgan fingerprint density at radius 1 is 1.19 bits per heavy atom. The van der Waals surface area contributed by atoms with Gasteiger partial charge in [0, 0.05) is 10.2 Å². The molecule has 156 valence electrons. The monoisotopic (exact) mass is 496 g/mol. The molecule has 0 spiro atoms. The van der Waals surface area contributed by atoms with Gasteiger partial charge in [-0.05, 0) is 79.7 Å². The van der Waals surface area contributed by atoms with E-state index in [1.54, 1.807) is 42.5 Å². The number of hydrogen-bond acceptors (Lipinski definition) is 5. The van der Waals surface area contributed by atoms with Gasteiger partial charge in [-0.15, -0.1) is 0 Å². The zero-order valence-corrected chi connectivity index (χ0v) is 19.0. The summed E-state index contributed by atoms with van der Waals surface area (Å²) in [7, 11) is 0. The van der Waals surface area contributed by atoms with Gasteiger partial charge in [-0.25, -0.2) is 0 Å². The number of amides is 3. The van der Waals surface area contributed by atoms with Gasteiger partial charge in [0.05, 0.1) is 5.69 Å². The van der Waals surface area contributed by atoms with E-state index in [2.05, 4.69) is 26.6 Å². The number of anilines is 2. The van der Waals surface area contributed by atoms with E-state index in [0.717, 1.165) is 21.7 Å². The lowest BCUT2D eigenvalue weighted by molar-refractivity contribution is -0.131. The van der Waals surface area contributed by atoms with Gasteiger partial charge in [0.1, 0.15) is 17.6 Å². The van der Waals surface area contributed by atoms with Gasteiger partial charge >= 0.3 is 0 Å². The highest BCUT2D eigenvalue weighted by atomic mass is 79.9. The molecule has 1 saturated heterocycles. The van der Waals surface area contributed by atoms with Crippen LogP contribution in [-0.2, 0) is 14.4 Å². The molecule has 2 aromatic rings. The van der Waals surface area contributed by atoms with Gasteiger partial charge in [0.15, 0.2) is 5.11 Å². The molecule has 1 atom stereocenters. The fraction of sp³-hybridized carbons (Fsp3) is 0.136. The van der Waals surface area contributed by atoms with Gasteiger partial charge in [-0.3, -0.25) is 19.3 Å². The van der Waals surface area contributed by atoms with Crippen molar-refractivity contribution in [1.82, 2.24) is 5.32 Å². The van der Waals surface area contributed by atoms with E-state index in [9.17, 15) is 19.6 Å². The number of nitriles is 1. The Morgan fingerprint density at radius 2 is 1.87 bits per heavy atom. The van der Waals surface area contributed by atoms with Gasteiger partial charge in [0.25, 0.3) is 5.91 Å². The highest BCUT2D eigenvalue weighted by Crippen LogP contribution is 2.25. The Hall–Kier alpha value is -3.35. The molecule has 1 aliphatic rings. The van der Waals surface area contributed by atoms with Crippen LogP contribution in [0, 0.1) is 31.1 Å². The van der Waals surface area contributed by atoms with Crippen molar-refractivity contribution in [2.45, 2.75) is 13.8 Å². The summed E-state index contributed by atoms with van der Waals surface area (Å²) in [5.74, 6) is -3.43. The minimum absolute atomic E-state index is 0.0549. The van der Waals surface area contributed by atoms with Crippen LogP contribution < -0.4 is 15.5 Å². The smallest absolute Gasteiger partial charge is 0.266 e. The minimum atomic E-state index is -1.38. The van der Waals surface area contributed by atoms with Crippen LogP contribution in [0.4, 0.5) is 11.4 Å². The minimum Gasteiger partial charge on any atom is -0.321 e. The third-order valence-corrected chi connectivity index (χ3v) is 5.56. The van der Waals surface area contributed by atoms with Gasteiger partial charge in [0.2, 0.25) is 11.8 Å². The molecule has 0 aromatic heterocycles.